The number of benzene rings is 1. The van der Waals surface area contributed by atoms with E-state index in [1.807, 2.05) is 4.90 Å². The maximum absolute atomic E-state index is 12.9. The van der Waals surface area contributed by atoms with Gasteiger partial charge in [0.15, 0.2) is 5.78 Å². The van der Waals surface area contributed by atoms with Gasteiger partial charge in [0.1, 0.15) is 17.9 Å². The number of carbonyl (C=O) groups excluding carboxylic acids is 2. The maximum atomic E-state index is 12.9. The zero-order valence-corrected chi connectivity index (χ0v) is 21.5. The minimum Gasteiger partial charge on any atom is -0.339 e. The lowest BCUT2D eigenvalue weighted by Crippen LogP contribution is -2.50. The number of halogens is 3. The molecule has 0 spiro atoms. The minimum absolute atomic E-state index is 0.00717. The fourth-order valence-electron chi connectivity index (χ4n) is 4.65. The molecule has 198 valence electrons. The first kappa shape index (κ1) is 26.1. The fraction of sp³-hybridized carbons (Fsp3) is 0.333. The average molecular weight is 542 g/mol. The number of amides is 1. The maximum Gasteiger partial charge on any atom is 0.433 e. The van der Waals surface area contributed by atoms with E-state index in [0.717, 1.165) is 24.5 Å². The molecule has 0 aliphatic carbocycles. The van der Waals surface area contributed by atoms with Gasteiger partial charge in [-0.3, -0.25) is 19.2 Å². The van der Waals surface area contributed by atoms with Crippen molar-refractivity contribution in [3.63, 3.8) is 0 Å². The molecule has 0 bridgehead atoms. The number of Topliss-reactive ketones (excluding diaryl/α,β-unsaturated/α-hetero) is 1. The van der Waals surface area contributed by atoms with Crippen LogP contribution in [0.1, 0.15) is 39.6 Å². The molecule has 1 amide bonds. The Morgan fingerprint density at radius 2 is 1.84 bits per heavy atom. The van der Waals surface area contributed by atoms with Gasteiger partial charge >= 0.3 is 6.18 Å². The van der Waals surface area contributed by atoms with Crippen LogP contribution >= 0.6 is 11.3 Å². The number of nitrogens with zero attached hydrogens (tertiary/aromatic N) is 5. The predicted octanol–water partition coefficient (Wildman–Crippen LogP) is 4.84. The summed E-state index contributed by atoms with van der Waals surface area (Å²) in [5.74, 6) is -0.516. The molecule has 4 aromatic rings. The third-order valence-corrected chi connectivity index (χ3v) is 7.82. The highest BCUT2D eigenvalue weighted by Gasteiger charge is 2.33. The van der Waals surface area contributed by atoms with Gasteiger partial charge < -0.3 is 4.90 Å². The van der Waals surface area contributed by atoms with Gasteiger partial charge in [-0.15, -0.1) is 11.3 Å². The lowest BCUT2D eigenvalue weighted by Gasteiger charge is -2.37. The summed E-state index contributed by atoms with van der Waals surface area (Å²) in [5, 5.41) is 7.30. The van der Waals surface area contributed by atoms with E-state index in [9.17, 15) is 22.8 Å². The molecular formula is C27H26F3N5O2S. The molecule has 0 radical (unpaired) electrons. The number of piperazine rings is 1. The van der Waals surface area contributed by atoms with Crippen molar-refractivity contribution in [1.82, 2.24) is 24.6 Å². The second-order valence-corrected chi connectivity index (χ2v) is 10.3. The Bertz CT molecular complexity index is 1440. The highest BCUT2D eigenvalue weighted by molar-refractivity contribution is 7.10. The van der Waals surface area contributed by atoms with E-state index in [1.54, 1.807) is 40.4 Å². The number of alkyl halides is 3. The number of thiophene rings is 1. The third kappa shape index (κ3) is 5.78. The number of hydrogen-bond acceptors (Lipinski definition) is 6. The highest BCUT2D eigenvalue weighted by Crippen LogP contribution is 2.28. The van der Waals surface area contributed by atoms with Crippen LogP contribution < -0.4 is 0 Å². The molecular weight excluding hydrogens is 515 g/mol. The van der Waals surface area contributed by atoms with Gasteiger partial charge in [0, 0.05) is 55.1 Å². The van der Waals surface area contributed by atoms with E-state index in [4.69, 9.17) is 0 Å². The molecule has 0 N–H and O–H groups in total. The van der Waals surface area contributed by atoms with Crippen molar-refractivity contribution in [2.24, 2.45) is 0 Å². The van der Waals surface area contributed by atoms with E-state index in [2.05, 4.69) is 39.4 Å². The second kappa shape index (κ2) is 10.7. The quantitative estimate of drug-likeness (QED) is 0.313. The fourth-order valence-corrected chi connectivity index (χ4v) is 5.46. The van der Waals surface area contributed by atoms with E-state index < -0.39 is 17.7 Å². The molecule has 1 unspecified atom stereocenters. The molecule has 38 heavy (non-hydrogen) atoms. The molecule has 0 saturated carbocycles. The number of ketones is 1. The monoisotopic (exact) mass is 541 g/mol. The van der Waals surface area contributed by atoms with Gasteiger partial charge in [-0.25, -0.2) is 4.98 Å². The summed E-state index contributed by atoms with van der Waals surface area (Å²) in [6.45, 7) is 5.23. The summed E-state index contributed by atoms with van der Waals surface area (Å²) >= 11 is 1.74. The van der Waals surface area contributed by atoms with Crippen molar-refractivity contribution >= 4 is 33.9 Å². The van der Waals surface area contributed by atoms with Crippen LogP contribution in [0.5, 0.6) is 0 Å². The van der Waals surface area contributed by atoms with Crippen LogP contribution in [-0.4, -0.2) is 62.4 Å². The van der Waals surface area contributed by atoms with Crippen LogP contribution in [0.4, 0.5) is 13.2 Å². The Hall–Kier alpha value is -3.57. The number of carbonyl (C=O) groups is 2. The number of pyridine rings is 1. The topological polar surface area (TPSA) is 71.3 Å². The number of hydrogen-bond donors (Lipinski definition) is 0. The SMILES string of the molecule is CC(c1cccs1)N1CCN(C(=O)Cn2cc3cc(CC(=O)c4cccc(C(F)(F)F)n4)ccc3n2)CC1. The van der Waals surface area contributed by atoms with Gasteiger partial charge in [0.2, 0.25) is 5.91 Å². The predicted molar refractivity (Wildman–Crippen MR) is 138 cm³/mol. The molecule has 1 aromatic carbocycles. The Labute approximate surface area is 221 Å². The van der Waals surface area contributed by atoms with Gasteiger partial charge in [-0.05, 0) is 48.2 Å². The van der Waals surface area contributed by atoms with E-state index in [0.29, 0.717) is 30.2 Å². The smallest absolute Gasteiger partial charge is 0.339 e. The first-order valence-electron chi connectivity index (χ1n) is 12.3. The van der Waals surface area contributed by atoms with Gasteiger partial charge in [0.05, 0.1) is 5.52 Å². The summed E-state index contributed by atoms with van der Waals surface area (Å²) < 4.78 is 40.4. The minimum atomic E-state index is -4.61. The summed E-state index contributed by atoms with van der Waals surface area (Å²) in [5.41, 5.74) is -0.0290. The molecule has 1 aliphatic heterocycles. The van der Waals surface area contributed by atoms with Crippen LogP contribution in [0.15, 0.2) is 60.1 Å². The lowest BCUT2D eigenvalue weighted by atomic mass is 10.0. The highest BCUT2D eigenvalue weighted by atomic mass is 32.1. The van der Waals surface area contributed by atoms with Crippen molar-refractivity contribution in [3.8, 4) is 0 Å². The Kier molecular flexibility index (Phi) is 7.31. The molecule has 11 heteroatoms. The summed E-state index contributed by atoms with van der Waals surface area (Å²) in [4.78, 5) is 34.6. The van der Waals surface area contributed by atoms with E-state index in [1.165, 1.54) is 17.0 Å². The van der Waals surface area contributed by atoms with Crippen molar-refractivity contribution < 1.29 is 22.8 Å². The van der Waals surface area contributed by atoms with Gasteiger partial charge in [-0.2, -0.15) is 18.3 Å². The lowest BCUT2D eigenvalue weighted by molar-refractivity contribution is -0.141. The number of aromatic nitrogens is 3. The summed E-state index contributed by atoms with van der Waals surface area (Å²) in [7, 11) is 0. The number of rotatable bonds is 7. The van der Waals surface area contributed by atoms with E-state index >= 15 is 0 Å². The van der Waals surface area contributed by atoms with Crippen LogP contribution in [0.2, 0.25) is 0 Å². The third-order valence-electron chi connectivity index (χ3n) is 6.77. The molecule has 1 atom stereocenters. The zero-order valence-electron chi connectivity index (χ0n) is 20.7. The first-order chi connectivity index (χ1) is 18.2. The van der Waals surface area contributed by atoms with Gasteiger partial charge in [0.25, 0.3) is 0 Å². The standard InChI is InChI=1S/C27H26F3N5O2S/c1-18(24-5-3-13-38-24)33-9-11-34(12-10-33)26(37)17-35-16-20-14-19(7-8-21(20)32-35)15-23(36)22-4-2-6-25(31-22)27(28,29)30/h2-8,13-14,16,18H,9-12,15,17H2,1H3. The Morgan fingerprint density at radius 1 is 1.05 bits per heavy atom. The van der Waals surface area contributed by atoms with Crippen LogP contribution in [0.25, 0.3) is 10.9 Å². The molecule has 1 saturated heterocycles. The zero-order chi connectivity index (χ0) is 26.9. The molecule has 5 rings (SSSR count). The van der Waals surface area contributed by atoms with Crippen LogP contribution in [0.3, 0.4) is 0 Å². The Balaban J connectivity index is 1.19. The van der Waals surface area contributed by atoms with Crippen molar-refractivity contribution in [3.05, 3.63) is 81.9 Å². The average Bonchev–Trinajstić information content (AvgIpc) is 3.58. The van der Waals surface area contributed by atoms with Gasteiger partial charge in [-0.1, -0.05) is 18.2 Å². The molecule has 1 aliphatic rings. The van der Waals surface area contributed by atoms with Crippen molar-refractivity contribution in [2.75, 3.05) is 26.2 Å². The van der Waals surface area contributed by atoms with Crippen molar-refractivity contribution in [2.45, 2.75) is 32.1 Å². The Morgan fingerprint density at radius 3 is 2.55 bits per heavy atom. The molecule has 7 nitrogen and oxygen atoms in total. The van der Waals surface area contributed by atoms with Crippen molar-refractivity contribution in [1.29, 1.82) is 0 Å². The summed E-state index contributed by atoms with van der Waals surface area (Å²) in [6.07, 6.45) is -2.96. The van der Waals surface area contributed by atoms with Crippen LogP contribution in [0, 0.1) is 0 Å². The number of fused-ring (bicyclic) bond motifs is 1. The second-order valence-electron chi connectivity index (χ2n) is 9.33. The summed E-state index contributed by atoms with van der Waals surface area (Å²) in [6, 6.07) is 13.0. The largest absolute Gasteiger partial charge is 0.433 e. The first-order valence-corrected chi connectivity index (χ1v) is 13.1. The molecule has 4 heterocycles. The van der Waals surface area contributed by atoms with E-state index in [-0.39, 0.29) is 24.6 Å². The normalized spacial score (nSPS) is 15.6. The molecule has 1 fully saturated rings. The van der Waals surface area contributed by atoms with Crippen LogP contribution in [-0.2, 0) is 23.9 Å². The molecule has 3 aromatic heterocycles.